The average Bonchev–Trinajstić information content (AvgIpc) is 2.73. The van der Waals surface area contributed by atoms with Gasteiger partial charge in [-0.3, -0.25) is 0 Å². The number of rotatable bonds is 0. The highest BCUT2D eigenvalue weighted by Gasteiger charge is 2.56. The number of nitrogens with zero attached hydrogens (tertiary/aromatic N) is 1. The van der Waals surface area contributed by atoms with Gasteiger partial charge in [-0.05, 0) is 40.5 Å². The van der Waals surface area contributed by atoms with Crippen LogP contribution in [0.25, 0.3) is 0 Å². The largest absolute Gasteiger partial charge is 0.444 e. The van der Waals surface area contributed by atoms with Crippen LogP contribution >= 0.6 is 0 Å². The van der Waals surface area contributed by atoms with E-state index >= 15 is 0 Å². The maximum atomic E-state index is 11.9. The Morgan fingerprint density at radius 2 is 2.12 bits per heavy atom. The summed E-state index contributed by atoms with van der Waals surface area (Å²) in [5.41, 5.74) is -0.479. The summed E-state index contributed by atoms with van der Waals surface area (Å²) in [5.74, 6) is 0. The Morgan fingerprint density at radius 1 is 1.50 bits per heavy atom. The number of carbonyl (C=O) groups is 1. The quantitative estimate of drug-likeness (QED) is 0.596. The van der Waals surface area contributed by atoms with Gasteiger partial charge in [0, 0.05) is 6.54 Å². The molecule has 0 N–H and O–H groups in total. The van der Waals surface area contributed by atoms with Crippen LogP contribution in [0, 0.1) is 0 Å². The van der Waals surface area contributed by atoms with Gasteiger partial charge in [-0.25, -0.2) is 4.79 Å². The van der Waals surface area contributed by atoms with E-state index < -0.39 is 5.60 Å². The summed E-state index contributed by atoms with van der Waals surface area (Å²) in [4.78, 5) is 13.7. The van der Waals surface area contributed by atoms with E-state index in [-0.39, 0.29) is 17.8 Å². The molecule has 4 heteroatoms. The predicted octanol–water partition coefficient (Wildman–Crippen LogP) is 2.17. The van der Waals surface area contributed by atoms with Crippen LogP contribution in [0.4, 0.5) is 4.79 Å². The van der Waals surface area contributed by atoms with Gasteiger partial charge in [0.25, 0.3) is 0 Å². The number of ether oxygens (including phenoxy) is 2. The van der Waals surface area contributed by atoms with Crippen molar-refractivity contribution < 1.29 is 14.3 Å². The van der Waals surface area contributed by atoms with Crippen molar-refractivity contribution in [2.45, 2.75) is 57.8 Å². The zero-order valence-corrected chi connectivity index (χ0v) is 10.6. The minimum Gasteiger partial charge on any atom is -0.444 e. The number of amides is 1. The Hall–Kier alpha value is -0.770. The molecule has 2 saturated heterocycles. The Balaban J connectivity index is 1.92. The van der Waals surface area contributed by atoms with Crippen molar-refractivity contribution in [3.63, 3.8) is 0 Å². The summed E-state index contributed by atoms with van der Waals surface area (Å²) in [6.07, 6.45) is 2.14. The van der Waals surface area contributed by atoms with Crippen molar-refractivity contribution in [2.24, 2.45) is 0 Å². The molecular formula is C12H21NO3. The first kappa shape index (κ1) is 11.7. The van der Waals surface area contributed by atoms with Crippen molar-refractivity contribution in [1.29, 1.82) is 0 Å². The molecule has 2 fully saturated rings. The molecule has 0 saturated carbocycles. The molecule has 2 aliphatic heterocycles. The van der Waals surface area contributed by atoms with Crippen LogP contribution in [0.15, 0.2) is 0 Å². The normalized spacial score (nSPS) is 34.0. The minimum atomic E-state index is -0.419. The summed E-state index contributed by atoms with van der Waals surface area (Å²) in [6.45, 7) is 9.21. The molecule has 2 atom stereocenters. The van der Waals surface area contributed by atoms with Gasteiger partial charge in [-0.15, -0.1) is 0 Å². The van der Waals surface area contributed by atoms with E-state index in [1.807, 2.05) is 20.8 Å². The van der Waals surface area contributed by atoms with E-state index in [2.05, 4.69) is 6.92 Å². The van der Waals surface area contributed by atoms with Gasteiger partial charge < -0.3 is 14.4 Å². The molecule has 1 spiro atoms. The van der Waals surface area contributed by atoms with E-state index in [1.54, 1.807) is 4.90 Å². The molecule has 0 aromatic rings. The lowest BCUT2D eigenvalue weighted by molar-refractivity contribution is 0.0134. The number of piperidine rings is 1. The standard InChI is InChI=1S/C12H21NO3/c1-9-12(15-9)6-5-7-13(8-12)10(14)16-11(2,3)4/h9H,5-8H2,1-4H3/t9-,12?/m1/s1. The molecule has 2 aliphatic rings. The van der Waals surface area contributed by atoms with Crippen LogP contribution < -0.4 is 0 Å². The molecule has 0 aromatic carbocycles. The third-order valence-corrected chi connectivity index (χ3v) is 3.23. The highest BCUT2D eigenvalue weighted by Crippen LogP contribution is 2.43. The van der Waals surface area contributed by atoms with E-state index in [0.29, 0.717) is 6.54 Å². The van der Waals surface area contributed by atoms with Crippen LogP contribution in [0.2, 0.25) is 0 Å². The third-order valence-electron chi connectivity index (χ3n) is 3.23. The molecule has 0 bridgehead atoms. The maximum absolute atomic E-state index is 11.9. The van der Waals surface area contributed by atoms with Gasteiger partial charge in [-0.2, -0.15) is 0 Å². The highest BCUT2D eigenvalue weighted by atomic mass is 16.6. The molecule has 4 nitrogen and oxygen atoms in total. The Kier molecular flexibility index (Phi) is 2.65. The van der Waals surface area contributed by atoms with Crippen LogP contribution in [0.5, 0.6) is 0 Å². The van der Waals surface area contributed by atoms with Crippen molar-refractivity contribution >= 4 is 6.09 Å². The second kappa shape index (κ2) is 3.62. The summed E-state index contributed by atoms with van der Waals surface area (Å²) >= 11 is 0. The summed E-state index contributed by atoms with van der Waals surface area (Å²) in [5, 5.41) is 0. The van der Waals surface area contributed by atoms with Crippen molar-refractivity contribution in [3.05, 3.63) is 0 Å². The van der Waals surface area contributed by atoms with E-state index in [1.165, 1.54) is 0 Å². The van der Waals surface area contributed by atoms with Gasteiger partial charge in [0.15, 0.2) is 0 Å². The fourth-order valence-corrected chi connectivity index (χ4v) is 2.28. The predicted molar refractivity (Wildman–Crippen MR) is 60.3 cm³/mol. The molecular weight excluding hydrogens is 206 g/mol. The second-order valence-electron chi connectivity index (χ2n) is 5.83. The Morgan fingerprint density at radius 3 is 2.62 bits per heavy atom. The summed E-state index contributed by atoms with van der Waals surface area (Å²) in [6, 6.07) is 0. The minimum absolute atomic E-state index is 0.0604. The number of epoxide rings is 1. The first-order chi connectivity index (χ1) is 7.32. The van der Waals surface area contributed by atoms with Crippen molar-refractivity contribution in [3.8, 4) is 0 Å². The van der Waals surface area contributed by atoms with Crippen LogP contribution in [-0.4, -0.2) is 41.4 Å². The SMILES string of the molecule is C[C@H]1OC12CCCN(C(=O)OC(C)(C)C)C2. The first-order valence-electron chi connectivity index (χ1n) is 5.98. The Bertz CT molecular complexity index is 297. The lowest BCUT2D eigenvalue weighted by atomic mass is 9.95. The first-order valence-corrected chi connectivity index (χ1v) is 5.98. The maximum Gasteiger partial charge on any atom is 0.410 e. The molecule has 0 radical (unpaired) electrons. The van der Waals surface area contributed by atoms with Crippen LogP contribution in [0.1, 0.15) is 40.5 Å². The lowest BCUT2D eigenvalue weighted by Gasteiger charge is -2.33. The number of hydrogen-bond donors (Lipinski definition) is 0. The Labute approximate surface area is 96.9 Å². The van der Waals surface area contributed by atoms with Gasteiger partial charge >= 0.3 is 6.09 Å². The molecule has 16 heavy (non-hydrogen) atoms. The summed E-state index contributed by atoms with van der Waals surface area (Å²) in [7, 11) is 0. The molecule has 2 rings (SSSR count). The topological polar surface area (TPSA) is 42.1 Å². The molecule has 1 unspecified atom stereocenters. The van der Waals surface area contributed by atoms with Crippen molar-refractivity contribution in [2.75, 3.05) is 13.1 Å². The van der Waals surface area contributed by atoms with Gasteiger partial charge in [0.2, 0.25) is 0 Å². The summed E-state index contributed by atoms with van der Waals surface area (Å²) < 4.78 is 11.0. The van der Waals surface area contributed by atoms with Gasteiger partial charge in [0.05, 0.1) is 12.6 Å². The third kappa shape index (κ3) is 2.32. The smallest absolute Gasteiger partial charge is 0.410 e. The molecule has 0 aliphatic carbocycles. The molecule has 2 heterocycles. The van der Waals surface area contributed by atoms with Crippen molar-refractivity contribution in [1.82, 2.24) is 4.90 Å². The molecule has 92 valence electrons. The second-order valence-corrected chi connectivity index (χ2v) is 5.83. The fourth-order valence-electron chi connectivity index (χ4n) is 2.28. The molecule has 1 amide bonds. The fraction of sp³-hybridized carbons (Fsp3) is 0.917. The van der Waals surface area contributed by atoms with E-state index in [0.717, 1.165) is 19.4 Å². The average molecular weight is 227 g/mol. The monoisotopic (exact) mass is 227 g/mol. The zero-order chi connectivity index (χ0) is 12.0. The van der Waals surface area contributed by atoms with Crippen LogP contribution in [-0.2, 0) is 9.47 Å². The zero-order valence-electron chi connectivity index (χ0n) is 10.6. The van der Waals surface area contributed by atoms with E-state index in [9.17, 15) is 4.79 Å². The van der Waals surface area contributed by atoms with Gasteiger partial charge in [0.1, 0.15) is 11.2 Å². The molecule has 0 aromatic heterocycles. The highest BCUT2D eigenvalue weighted by molar-refractivity contribution is 5.68. The number of likely N-dealkylation sites (tertiary alicyclic amines) is 1. The lowest BCUT2D eigenvalue weighted by Crippen LogP contribution is -2.46. The van der Waals surface area contributed by atoms with Gasteiger partial charge in [-0.1, -0.05) is 0 Å². The van der Waals surface area contributed by atoms with Crippen LogP contribution in [0.3, 0.4) is 0 Å². The number of carbonyl (C=O) groups excluding carboxylic acids is 1. The van der Waals surface area contributed by atoms with E-state index in [4.69, 9.17) is 9.47 Å². The number of hydrogen-bond acceptors (Lipinski definition) is 3.